The Kier molecular flexibility index (Phi) is 5.56. The third kappa shape index (κ3) is 4.16. The SMILES string of the molecule is Cc1csc(=O)n1CC(=O)Nc1ccc(-c2csc(N3CCOCC3)n2)cc1. The highest BCUT2D eigenvalue weighted by Gasteiger charge is 2.15. The van der Waals surface area contributed by atoms with Gasteiger partial charge in [-0.15, -0.1) is 11.3 Å². The lowest BCUT2D eigenvalue weighted by molar-refractivity contribution is -0.116. The zero-order valence-electron chi connectivity index (χ0n) is 15.4. The second-order valence-corrected chi connectivity index (χ2v) is 8.13. The van der Waals surface area contributed by atoms with E-state index in [-0.39, 0.29) is 17.3 Å². The summed E-state index contributed by atoms with van der Waals surface area (Å²) in [6.07, 6.45) is 0. The van der Waals surface area contributed by atoms with Crippen molar-refractivity contribution in [2.75, 3.05) is 36.5 Å². The monoisotopic (exact) mass is 416 g/mol. The number of aryl methyl sites for hydroxylation is 1. The van der Waals surface area contributed by atoms with E-state index in [0.717, 1.165) is 59.7 Å². The molecule has 1 amide bonds. The van der Waals surface area contributed by atoms with Crippen molar-refractivity contribution in [2.24, 2.45) is 0 Å². The molecule has 4 rings (SSSR count). The van der Waals surface area contributed by atoms with Crippen molar-refractivity contribution in [3.8, 4) is 11.3 Å². The Hall–Kier alpha value is -2.49. The fraction of sp³-hybridized carbons (Fsp3) is 0.316. The van der Waals surface area contributed by atoms with E-state index < -0.39 is 0 Å². The number of nitrogens with zero attached hydrogens (tertiary/aromatic N) is 3. The van der Waals surface area contributed by atoms with Crippen LogP contribution in [0.5, 0.6) is 0 Å². The van der Waals surface area contributed by atoms with Crippen molar-refractivity contribution in [3.05, 3.63) is 50.4 Å². The zero-order chi connectivity index (χ0) is 19.5. The lowest BCUT2D eigenvalue weighted by Gasteiger charge is -2.26. The fourth-order valence-electron chi connectivity index (χ4n) is 2.96. The molecule has 0 spiro atoms. The maximum absolute atomic E-state index is 12.2. The number of nitrogens with one attached hydrogen (secondary N) is 1. The molecule has 1 saturated heterocycles. The third-order valence-corrected chi connectivity index (χ3v) is 6.30. The van der Waals surface area contributed by atoms with Crippen molar-refractivity contribution in [1.82, 2.24) is 9.55 Å². The molecule has 1 aliphatic rings. The Morgan fingerprint density at radius 3 is 2.61 bits per heavy atom. The van der Waals surface area contributed by atoms with Gasteiger partial charge in [-0.1, -0.05) is 23.5 Å². The summed E-state index contributed by atoms with van der Waals surface area (Å²) >= 11 is 2.73. The van der Waals surface area contributed by atoms with Gasteiger partial charge in [0.2, 0.25) is 5.91 Å². The Morgan fingerprint density at radius 1 is 1.18 bits per heavy atom. The van der Waals surface area contributed by atoms with Gasteiger partial charge in [-0.05, 0) is 19.1 Å². The van der Waals surface area contributed by atoms with E-state index in [1.54, 1.807) is 16.7 Å². The van der Waals surface area contributed by atoms with Gasteiger partial charge < -0.3 is 15.0 Å². The number of amides is 1. The molecule has 1 fully saturated rings. The van der Waals surface area contributed by atoms with Crippen molar-refractivity contribution in [2.45, 2.75) is 13.5 Å². The lowest BCUT2D eigenvalue weighted by atomic mass is 10.1. The summed E-state index contributed by atoms with van der Waals surface area (Å²) in [6.45, 7) is 5.04. The van der Waals surface area contributed by atoms with Crippen LogP contribution in [0.15, 0.2) is 39.8 Å². The summed E-state index contributed by atoms with van der Waals surface area (Å²) in [4.78, 5) is 30.8. The molecule has 9 heteroatoms. The van der Waals surface area contributed by atoms with Crippen molar-refractivity contribution in [1.29, 1.82) is 0 Å². The molecule has 1 aliphatic heterocycles. The Labute approximate surface area is 170 Å². The summed E-state index contributed by atoms with van der Waals surface area (Å²) in [7, 11) is 0. The first kappa shape index (κ1) is 18.9. The summed E-state index contributed by atoms with van der Waals surface area (Å²) < 4.78 is 6.85. The van der Waals surface area contributed by atoms with Gasteiger partial charge in [0.05, 0.1) is 18.9 Å². The average Bonchev–Trinajstić information content (AvgIpc) is 3.32. The number of hydrogen-bond donors (Lipinski definition) is 1. The fourth-order valence-corrected chi connectivity index (χ4v) is 4.58. The molecule has 0 atom stereocenters. The van der Waals surface area contributed by atoms with Crippen LogP contribution in [0, 0.1) is 6.92 Å². The Balaban J connectivity index is 1.40. The van der Waals surface area contributed by atoms with Crippen LogP contribution in [0.3, 0.4) is 0 Å². The van der Waals surface area contributed by atoms with Crippen LogP contribution >= 0.6 is 22.7 Å². The zero-order valence-corrected chi connectivity index (χ0v) is 17.0. The minimum atomic E-state index is -0.223. The summed E-state index contributed by atoms with van der Waals surface area (Å²) in [6, 6.07) is 7.58. The number of hydrogen-bond acceptors (Lipinski definition) is 7. The predicted molar refractivity (Wildman–Crippen MR) is 113 cm³/mol. The molecule has 28 heavy (non-hydrogen) atoms. The van der Waals surface area contributed by atoms with E-state index >= 15 is 0 Å². The average molecular weight is 417 g/mol. The maximum atomic E-state index is 12.2. The van der Waals surface area contributed by atoms with Gasteiger partial charge in [0.1, 0.15) is 6.54 Å². The predicted octanol–water partition coefficient (Wildman–Crippen LogP) is 2.82. The molecule has 0 unspecified atom stereocenters. The normalized spacial score (nSPS) is 14.2. The molecular weight excluding hydrogens is 396 g/mol. The molecule has 1 aromatic carbocycles. The number of benzene rings is 1. The highest BCUT2D eigenvalue weighted by molar-refractivity contribution is 7.14. The van der Waals surface area contributed by atoms with Gasteiger partial charge >= 0.3 is 4.87 Å². The molecule has 0 aliphatic carbocycles. The minimum Gasteiger partial charge on any atom is -0.378 e. The highest BCUT2D eigenvalue weighted by atomic mass is 32.1. The number of ether oxygens (including phenoxy) is 1. The van der Waals surface area contributed by atoms with E-state index in [1.165, 1.54) is 4.57 Å². The van der Waals surface area contributed by atoms with Crippen LogP contribution in [0.1, 0.15) is 5.69 Å². The van der Waals surface area contributed by atoms with E-state index in [4.69, 9.17) is 9.72 Å². The van der Waals surface area contributed by atoms with Gasteiger partial charge in [0.15, 0.2) is 5.13 Å². The van der Waals surface area contributed by atoms with Crippen LogP contribution in [-0.4, -0.2) is 41.8 Å². The van der Waals surface area contributed by atoms with E-state index in [9.17, 15) is 9.59 Å². The van der Waals surface area contributed by atoms with Gasteiger partial charge in [0.25, 0.3) is 0 Å². The smallest absolute Gasteiger partial charge is 0.307 e. The molecule has 146 valence electrons. The van der Waals surface area contributed by atoms with Gasteiger partial charge in [-0.25, -0.2) is 4.98 Å². The Morgan fingerprint density at radius 2 is 1.93 bits per heavy atom. The van der Waals surface area contributed by atoms with Crippen molar-refractivity contribution < 1.29 is 9.53 Å². The molecule has 7 nitrogen and oxygen atoms in total. The first-order valence-corrected chi connectivity index (χ1v) is 10.7. The molecule has 3 aromatic rings. The van der Waals surface area contributed by atoms with Gasteiger partial charge in [0, 0.05) is 40.8 Å². The van der Waals surface area contributed by atoms with E-state index in [2.05, 4.69) is 10.2 Å². The van der Waals surface area contributed by atoms with Crippen LogP contribution in [-0.2, 0) is 16.1 Å². The quantitative estimate of drug-likeness (QED) is 0.692. The number of carbonyl (C=O) groups is 1. The number of anilines is 2. The third-order valence-electron chi connectivity index (χ3n) is 4.52. The number of aromatic nitrogens is 2. The Bertz CT molecular complexity index is 1020. The highest BCUT2D eigenvalue weighted by Crippen LogP contribution is 2.28. The van der Waals surface area contributed by atoms with Crippen LogP contribution in [0.4, 0.5) is 10.8 Å². The van der Waals surface area contributed by atoms with E-state index in [0.29, 0.717) is 5.69 Å². The van der Waals surface area contributed by atoms with Crippen molar-refractivity contribution >= 4 is 39.4 Å². The standard InChI is InChI=1S/C19H20N4O3S2/c1-13-11-28-19(25)23(13)10-17(24)20-15-4-2-14(3-5-15)16-12-27-18(21-16)22-6-8-26-9-7-22/h2-5,11-12H,6-10H2,1H3,(H,20,24). The number of rotatable bonds is 5. The van der Waals surface area contributed by atoms with Crippen LogP contribution in [0.25, 0.3) is 11.3 Å². The van der Waals surface area contributed by atoms with Gasteiger partial charge in [-0.3, -0.25) is 14.2 Å². The van der Waals surface area contributed by atoms with Crippen LogP contribution < -0.4 is 15.1 Å². The molecule has 3 heterocycles. The molecule has 1 N–H and O–H groups in total. The molecular formula is C19H20N4O3S2. The minimum absolute atomic E-state index is 0.0188. The summed E-state index contributed by atoms with van der Waals surface area (Å²) in [5, 5.41) is 7.64. The second-order valence-electron chi connectivity index (χ2n) is 6.47. The van der Waals surface area contributed by atoms with Gasteiger partial charge in [-0.2, -0.15) is 0 Å². The van der Waals surface area contributed by atoms with E-state index in [1.807, 2.05) is 36.6 Å². The first-order chi connectivity index (χ1) is 13.6. The maximum Gasteiger partial charge on any atom is 0.307 e. The van der Waals surface area contributed by atoms with Crippen LogP contribution in [0.2, 0.25) is 0 Å². The number of thiazole rings is 2. The largest absolute Gasteiger partial charge is 0.378 e. The molecule has 0 saturated carbocycles. The summed E-state index contributed by atoms with van der Waals surface area (Å²) in [5.74, 6) is -0.223. The molecule has 0 radical (unpaired) electrons. The number of morpholine rings is 1. The second kappa shape index (κ2) is 8.26. The van der Waals surface area contributed by atoms with Crippen molar-refractivity contribution in [3.63, 3.8) is 0 Å². The lowest BCUT2D eigenvalue weighted by Crippen LogP contribution is -2.36. The first-order valence-electron chi connectivity index (χ1n) is 8.93. The molecule has 0 bridgehead atoms. The molecule has 2 aromatic heterocycles. The summed E-state index contributed by atoms with van der Waals surface area (Å²) in [5.41, 5.74) is 3.40. The number of carbonyl (C=O) groups excluding carboxylic acids is 1. The topological polar surface area (TPSA) is 76.5 Å².